The molecule has 2 aromatic carbocycles. The number of nitrogens with zero attached hydrogens (tertiary/aromatic N) is 1. The Morgan fingerprint density at radius 3 is 2.43 bits per heavy atom. The molecule has 0 fully saturated rings. The minimum absolute atomic E-state index is 0.526. The highest BCUT2D eigenvalue weighted by Gasteiger charge is 2.06. The number of rotatable bonds is 6. The molecule has 4 heteroatoms. The lowest BCUT2D eigenvalue weighted by Crippen LogP contribution is -1.95. The molecule has 2 aromatic rings. The molecular weight excluding hydrogens is 330 g/mol. The number of ether oxygens (including phenoxy) is 2. The van der Waals surface area contributed by atoms with Gasteiger partial charge in [-0.05, 0) is 48.4 Å². The molecule has 0 aliphatic carbocycles. The van der Waals surface area contributed by atoms with Gasteiger partial charge in [0.2, 0.25) is 0 Å². The Labute approximate surface area is 133 Å². The van der Waals surface area contributed by atoms with Crippen LogP contribution < -0.4 is 9.47 Å². The molecule has 0 saturated heterocycles. The van der Waals surface area contributed by atoms with Gasteiger partial charge in [-0.25, -0.2) is 0 Å². The summed E-state index contributed by atoms with van der Waals surface area (Å²) < 4.78 is 11.3. The first-order chi connectivity index (χ1) is 10.3. The smallest absolute Gasteiger partial charge is 0.145 e. The van der Waals surface area contributed by atoms with Gasteiger partial charge in [0.25, 0.3) is 0 Å². The predicted molar refractivity (Wildman–Crippen MR) is 86.1 cm³/mol. The minimum atomic E-state index is 0.526. The van der Waals surface area contributed by atoms with E-state index >= 15 is 0 Å². The molecule has 0 radical (unpaired) electrons. The molecule has 0 aliphatic rings. The van der Waals surface area contributed by atoms with Crippen molar-refractivity contribution in [1.29, 1.82) is 5.26 Å². The molecule has 0 N–H and O–H groups in total. The van der Waals surface area contributed by atoms with Crippen LogP contribution in [0.4, 0.5) is 0 Å². The average Bonchev–Trinajstić information content (AvgIpc) is 2.54. The van der Waals surface area contributed by atoms with Crippen LogP contribution in [0.15, 0.2) is 42.5 Å². The average molecular weight is 346 g/mol. The maximum absolute atomic E-state index is 9.19. The first kappa shape index (κ1) is 15.4. The van der Waals surface area contributed by atoms with Gasteiger partial charge in [0.15, 0.2) is 0 Å². The standard InChI is InChI=1S/C17H16BrNO2/c1-2-9-20-15-4-6-16(7-5-15)21-17-8-3-13(11-18)10-14(17)12-19/h3-8,10H,2,9,11H2,1H3. The van der Waals surface area contributed by atoms with Crippen LogP contribution in [-0.2, 0) is 5.33 Å². The second kappa shape index (κ2) is 7.70. The third-order valence-corrected chi connectivity index (χ3v) is 3.49. The number of nitriles is 1. The van der Waals surface area contributed by atoms with Crippen molar-refractivity contribution in [3.63, 3.8) is 0 Å². The summed E-state index contributed by atoms with van der Waals surface area (Å²) in [4.78, 5) is 0. The van der Waals surface area contributed by atoms with Gasteiger partial charge in [-0.1, -0.05) is 28.9 Å². The van der Waals surface area contributed by atoms with E-state index < -0.39 is 0 Å². The first-order valence-corrected chi connectivity index (χ1v) is 7.88. The van der Waals surface area contributed by atoms with Crippen LogP contribution in [0.1, 0.15) is 24.5 Å². The van der Waals surface area contributed by atoms with Crippen molar-refractivity contribution in [3.05, 3.63) is 53.6 Å². The lowest BCUT2D eigenvalue weighted by Gasteiger charge is -2.09. The number of benzene rings is 2. The molecule has 0 aliphatic heterocycles. The van der Waals surface area contributed by atoms with Gasteiger partial charge in [-0.3, -0.25) is 0 Å². The fraction of sp³-hybridized carbons (Fsp3) is 0.235. The van der Waals surface area contributed by atoms with E-state index in [9.17, 15) is 5.26 Å². The van der Waals surface area contributed by atoms with Crippen molar-refractivity contribution in [2.45, 2.75) is 18.7 Å². The second-order valence-electron chi connectivity index (χ2n) is 4.50. The molecule has 0 spiro atoms. The van der Waals surface area contributed by atoms with Gasteiger partial charge < -0.3 is 9.47 Å². The van der Waals surface area contributed by atoms with Crippen LogP contribution in [0.5, 0.6) is 17.2 Å². The summed E-state index contributed by atoms with van der Waals surface area (Å²) in [5.41, 5.74) is 1.57. The summed E-state index contributed by atoms with van der Waals surface area (Å²) in [6.07, 6.45) is 0.976. The molecule has 0 heterocycles. The Bertz CT molecular complexity index is 632. The molecule has 21 heavy (non-hydrogen) atoms. The highest BCUT2D eigenvalue weighted by Crippen LogP contribution is 2.27. The zero-order valence-corrected chi connectivity index (χ0v) is 13.4. The molecule has 0 aromatic heterocycles. The molecule has 0 saturated carbocycles. The lowest BCUT2D eigenvalue weighted by molar-refractivity contribution is 0.317. The molecule has 0 atom stereocenters. The quantitative estimate of drug-likeness (QED) is 0.689. The normalized spacial score (nSPS) is 9.95. The van der Waals surface area contributed by atoms with E-state index in [-0.39, 0.29) is 0 Å². The molecule has 3 nitrogen and oxygen atoms in total. The first-order valence-electron chi connectivity index (χ1n) is 6.76. The highest BCUT2D eigenvalue weighted by molar-refractivity contribution is 9.08. The molecule has 108 valence electrons. The SMILES string of the molecule is CCCOc1ccc(Oc2ccc(CBr)cc2C#N)cc1. The van der Waals surface area contributed by atoms with Crippen LogP contribution in [0.25, 0.3) is 0 Å². The van der Waals surface area contributed by atoms with E-state index in [0.717, 1.165) is 17.7 Å². The van der Waals surface area contributed by atoms with Crippen LogP contribution >= 0.6 is 15.9 Å². The predicted octanol–water partition coefficient (Wildman–Crippen LogP) is 5.03. The minimum Gasteiger partial charge on any atom is -0.494 e. The Hall–Kier alpha value is -1.99. The summed E-state index contributed by atoms with van der Waals surface area (Å²) in [6.45, 7) is 2.77. The molecule has 0 unspecified atom stereocenters. The lowest BCUT2D eigenvalue weighted by atomic mass is 10.1. The Morgan fingerprint density at radius 2 is 1.81 bits per heavy atom. The van der Waals surface area contributed by atoms with Crippen LogP contribution in [0.2, 0.25) is 0 Å². The zero-order valence-electron chi connectivity index (χ0n) is 11.8. The van der Waals surface area contributed by atoms with Gasteiger partial charge in [-0.15, -0.1) is 0 Å². The second-order valence-corrected chi connectivity index (χ2v) is 5.06. The summed E-state index contributed by atoms with van der Waals surface area (Å²) in [7, 11) is 0. The zero-order chi connectivity index (χ0) is 15.1. The molecule has 2 rings (SSSR count). The van der Waals surface area contributed by atoms with Gasteiger partial charge in [-0.2, -0.15) is 5.26 Å². The third kappa shape index (κ3) is 4.24. The van der Waals surface area contributed by atoms with Crippen molar-refractivity contribution in [2.24, 2.45) is 0 Å². The van der Waals surface area contributed by atoms with E-state index in [0.29, 0.717) is 29.0 Å². The Kier molecular flexibility index (Phi) is 5.65. The largest absolute Gasteiger partial charge is 0.494 e. The van der Waals surface area contributed by atoms with Crippen molar-refractivity contribution < 1.29 is 9.47 Å². The summed E-state index contributed by atoms with van der Waals surface area (Å²) >= 11 is 3.38. The Balaban J connectivity index is 2.13. The topological polar surface area (TPSA) is 42.2 Å². The fourth-order valence-corrected chi connectivity index (χ4v) is 2.14. The maximum atomic E-state index is 9.19. The van der Waals surface area contributed by atoms with E-state index in [1.807, 2.05) is 42.5 Å². The molecular formula is C17H16BrNO2. The monoisotopic (exact) mass is 345 g/mol. The van der Waals surface area contributed by atoms with Gasteiger partial charge in [0.1, 0.15) is 23.3 Å². The van der Waals surface area contributed by atoms with Gasteiger partial charge in [0, 0.05) is 5.33 Å². The van der Waals surface area contributed by atoms with Gasteiger partial charge >= 0.3 is 0 Å². The van der Waals surface area contributed by atoms with Crippen molar-refractivity contribution in [3.8, 4) is 23.3 Å². The summed E-state index contributed by atoms with van der Waals surface area (Å²) in [5, 5.41) is 9.91. The molecule has 0 bridgehead atoms. The maximum Gasteiger partial charge on any atom is 0.145 e. The Morgan fingerprint density at radius 1 is 1.10 bits per heavy atom. The van der Waals surface area contributed by atoms with E-state index in [1.54, 1.807) is 0 Å². The van der Waals surface area contributed by atoms with Crippen molar-refractivity contribution >= 4 is 15.9 Å². The van der Waals surface area contributed by atoms with Crippen molar-refractivity contribution in [1.82, 2.24) is 0 Å². The van der Waals surface area contributed by atoms with E-state index in [1.165, 1.54) is 0 Å². The van der Waals surface area contributed by atoms with Gasteiger partial charge in [0.05, 0.1) is 12.2 Å². The number of hydrogen-bond donors (Lipinski definition) is 0. The van der Waals surface area contributed by atoms with Crippen molar-refractivity contribution in [2.75, 3.05) is 6.61 Å². The molecule has 0 amide bonds. The van der Waals surface area contributed by atoms with E-state index in [2.05, 4.69) is 28.9 Å². The van der Waals surface area contributed by atoms with Crippen LogP contribution in [0.3, 0.4) is 0 Å². The summed E-state index contributed by atoms with van der Waals surface area (Å²) in [5.74, 6) is 2.06. The number of hydrogen-bond acceptors (Lipinski definition) is 3. The summed E-state index contributed by atoms with van der Waals surface area (Å²) in [6, 6.07) is 15.1. The third-order valence-electron chi connectivity index (χ3n) is 2.84. The van der Waals surface area contributed by atoms with Crippen LogP contribution in [0, 0.1) is 11.3 Å². The fourth-order valence-electron chi connectivity index (χ4n) is 1.79. The highest BCUT2D eigenvalue weighted by atomic mass is 79.9. The number of alkyl halides is 1. The van der Waals surface area contributed by atoms with E-state index in [4.69, 9.17) is 9.47 Å². The van der Waals surface area contributed by atoms with Crippen LogP contribution in [-0.4, -0.2) is 6.61 Å². The number of halogens is 1.